The number of unbranched alkanes of at least 4 members (excludes halogenated alkanes) is 2. The number of ether oxygens (including phenoxy) is 1. The average Bonchev–Trinajstić information content (AvgIpc) is 3.09. The van der Waals surface area contributed by atoms with Gasteiger partial charge in [-0.3, -0.25) is 0 Å². The number of hydrogen-bond acceptors (Lipinski definition) is 8. The van der Waals surface area contributed by atoms with Gasteiger partial charge >= 0.3 is 0 Å². The van der Waals surface area contributed by atoms with Crippen molar-refractivity contribution in [3.63, 3.8) is 0 Å². The van der Waals surface area contributed by atoms with E-state index >= 15 is 0 Å². The van der Waals surface area contributed by atoms with Crippen LogP contribution in [-0.4, -0.2) is 87.6 Å². The first-order valence-corrected chi connectivity index (χ1v) is 19.6. The van der Waals surface area contributed by atoms with Crippen molar-refractivity contribution in [3.8, 4) is 12.8 Å². The molecule has 8 heteroatoms. The Morgan fingerprint density at radius 3 is 1.96 bits per heavy atom. The molecule has 0 aliphatic heterocycles. The maximum atomic E-state index is 8.44. The smallest absolute Gasteiger partial charge is 0.0611 e. The van der Waals surface area contributed by atoms with Gasteiger partial charge in [-0.15, -0.1) is 12.8 Å². The van der Waals surface area contributed by atoms with E-state index in [1.165, 1.54) is 57.8 Å². The van der Waals surface area contributed by atoms with Crippen molar-refractivity contribution in [1.29, 1.82) is 0 Å². The molecule has 0 aromatic rings. The molecule has 0 radical (unpaired) electrons. The predicted octanol–water partition coefficient (Wildman–Crippen LogP) is 5.96. The minimum atomic E-state index is 0.219. The number of hydrogen-bond donors (Lipinski definition) is 7. The van der Waals surface area contributed by atoms with Crippen LogP contribution in [0.4, 0.5) is 0 Å². The SMILES string of the molecule is C#C.CC(C)[C@@]1(C)CCC2C(C1C)[C@H](OCCCN)CC1CCCC[C@@]12C.CCCCNCCCCO.CNCCCO.NCCCO. The lowest BCUT2D eigenvalue weighted by molar-refractivity contribution is -0.183. The van der Waals surface area contributed by atoms with Gasteiger partial charge in [0.2, 0.25) is 0 Å². The maximum Gasteiger partial charge on any atom is 0.0611 e. The van der Waals surface area contributed by atoms with Gasteiger partial charge < -0.3 is 42.2 Å². The lowest BCUT2D eigenvalue weighted by Gasteiger charge is -2.63. The molecule has 0 aromatic carbocycles. The van der Waals surface area contributed by atoms with Crippen molar-refractivity contribution in [1.82, 2.24) is 10.6 Å². The standard InChI is InChI=1S/C23H43NO.C8H19NO.C4H11NO.C3H9NO.C2H2/c1-16(2)22(4)12-10-19-21(17(22)3)20(25-14-8-13-24)15-18-9-6-7-11-23(18,19)5;1-2-3-6-9-7-4-5-8-10;1-5-3-2-4-6;4-2-1-3-5;1-2/h16-21H,6-15,24H2,1-5H3;9-10H,2-8H2,1H3;5-6H,2-4H2,1H3;5H,1-4H2;1-2H/t17?,18?,19?,20-,21?,22-,23+;;;;/m1..../s1. The zero-order chi connectivity index (χ0) is 36.8. The summed E-state index contributed by atoms with van der Waals surface area (Å²) in [4.78, 5) is 0. The summed E-state index contributed by atoms with van der Waals surface area (Å²) in [5, 5.41) is 30.8. The quantitative estimate of drug-likeness (QED) is 0.0734. The van der Waals surface area contributed by atoms with Crippen LogP contribution in [0.1, 0.15) is 131 Å². The van der Waals surface area contributed by atoms with Gasteiger partial charge in [-0.1, -0.05) is 60.8 Å². The number of aliphatic hydroxyl groups is 3. The highest BCUT2D eigenvalue weighted by atomic mass is 16.5. The van der Waals surface area contributed by atoms with E-state index in [1.54, 1.807) is 0 Å². The molecular formula is C40H84N4O4. The van der Waals surface area contributed by atoms with Gasteiger partial charge in [0, 0.05) is 26.4 Å². The van der Waals surface area contributed by atoms with Crippen LogP contribution in [0.15, 0.2) is 0 Å². The first-order valence-electron chi connectivity index (χ1n) is 19.6. The van der Waals surface area contributed by atoms with Crippen LogP contribution in [0, 0.1) is 53.3 Å². The predicted molar refractivity (Wildman–Crippen MR) is 207 cm³/mol. The molecule has 48 heavy (non-hydrogen) atoms. The van der Waals surface area contributed by atoms with Gasteiger partial charge in [0.1, 0.15) is 0 Å². The molecule has 4 unspecified atom stereocenters. The molecule has 9 N–H and O–H groups in total. The van der Waals surface area contributed by atoms with E-state index in [0.29, 0.717) is 36.7 Å². The Morgan fingerprint density at radius 1 is 0.833 bits per heavy atom. The van der Waals surface area contributed by atoms with E-state index in [4.69, 9.17) is 31.5 Å². The monoisotopic (exact) mass is 685 g/mol. The van der Waals surface area contributed by atoms with Crippen LogP contribution >= 0.6 is 0 Å². The molecule has 0 aromatic heterocycles. The lowest BCUT2D eigenvalue weighted by Crippen LogP contribution is -2.58. The molecule has 0 spiro atoms. The second kappa shape index (κ2) is 31.0. The van der Waals surface area contributed by atoms with Crippen LogP contribution in [0.3, 0.4) is 0 Å². The maximum absolute atomic E-state index is 8.44. The molecule has 0 heterocycles. The average molecular weight is 685 g/mol. The molecule has 3 saturated carbocycles. The number of fused-ring (bicyclic) bond motifs is 3. The van der Waals surface area contributed by atoms with Crippen LogP contribution in [0.5, 0.6) is 0 Å². The van der Waals surface area contributed by atoms with Crippen molar-refractivity contribution in [2.75, 3.05) is 66.2 Å². The van der Waals surface area contributed by atoms with Crippen molar-refractivity contribution in [2.45, 2.75) is 138 Å². The van der Waals surface area contributed by atoms with E-state index in [-0.39, 0.29) is 6.61 Å². The van der Waals surface area contributed by atoms with E-state index in [0.717, 1.165) is 94.5 Å². The Bertz CT molecular complexity index is 713. The normalized spacial score (nSPS) is 28.9. The molecule has 0 amide bonds. The summed E-state index contributed by atoms with van der Waals surface area (Å²) in [7, 11) is 1.87. The van der Waals surface area contributed by atoms with Gasteiger partial charge in [0.15, 0.2) is 0 Å². The molecule has 7 atom stereocenters. The highest BCUT2D eigenvalue weighted by Crippen LogP contribution is 2.64. The van der Waals surface area contributed by atoms with E-state index in [2.05, 4.69) is 65.0 Å². The molecule has 0 bridgehead atoms. The number of nitrogens with one attached hydrogen (secondary N) is 2. The second-order valence-electron chi connectivity index (χ2n) is 15.0. The Labute approximate surface area is 298 Å². The molecule has 3 rings (SSSR count). The lowest BCUT2D eigenvalue weighted by atomic mass is 9.43. The van der Waals surface area contributed by atoms with Crippen molar-refractivity contribution in [3.05, 3.63) is 0 Å². The third-order valence-corrected chi connectivity index (χ3v) is 11.7. The Morgan fingerprint density at radius 2 is 1.46 bits per heavy atom. The fourth-order valence-corrected chi connectivity index (χ4v) is 8.22. The summed E-state index contributed by atoms with van der Waals surface area (Å²) in [6, 6.07) is 0. The molecule has 8 nitrogen and oxygen atoms in total. The fraction of sp³-hybridized carbons (Fsp3) is 0.950. The zero-order valence-corrected chi connectivity index (χ0v) is 32.8. The topological polar surface area (TPSA) is 146 Å². The van der Waals surface area contributed by atoms with Gasteiger partial charge in [0.05, 0.1) is 6.10 Å². The Kier molecular flexibility index (Phi) is 31.9. The highest BCUT2D eigenvalue weighted by Gasteiger charge is 2.58. The van der Waals surface area contributed by atoms with Crippen molar-refractivity contribution < 1.29 is 20.1 Å². The summed E-state index contributed by atoms with van der Waals surface area (Å²) < 4.78 is 6.55. The number of nitrogens with two attached hydrogens (primary N) is 2. The van der Waals surface area contributed by atoms with E-state index < -0.39 is 0 Å². The molecule has 0 saturated heterocycles. The summed E-state index contributed by atoms with van der Waals surface area (Å²) in [5.74, 6) is 4.02. The summed E-state index contributed by atoms with van der Waals surface area (Å²) in [6.07, 6.45) is 25.5. The first-order chi connectivity index (χ1) is 23.1. The first kappa shape index (κ1) is 49.4. The number of rotatable bonds is 17. The van der Waals surface area contributed by atoms with Crippen LogP contribution < -0.4 is 22.1 Å². The summed E-state index contributed by atoms with van der Waals surface area (Å²) in [5.41, 5.74) is 11.8. The zero-order valence-electron chi connectivity index (χ0n) is 32.8. The number of aliphatic hydroxyl groups excluding tert-OH is 3. The Balaban J connectivity index is 0. The molecule has 288 valence electrons. The fourth-order valence-electron chi connectivity index (χ4n) is 8.22. The minimum absolute atomic E-state index is 0.219. The van der Waals surface area contributed by atoms with Gasteiger partial charge in [-0.05, 0) is 151 Å². The van der Waals surface area contributed by atoms with Crippen LogP contribution in [-0.2, 0) is 4.74 Å². The number of terminal acetylenes is 1. The van der Waals surface area contributed by atoms with Crippen LogP contribution in [0.2, 0.25) is 0 Å². The van der Waals surface area contributed by atoms with Gasteiger partial charge in [0.25, 0.3) is 0 Å². The highest BCUT2D eigenvalue weighted by molar-refractivity contribution is 5.07. The largest absolute Gasteiger partial charge is 0.396 e. The minimum Gasteiger partial charge on any atom is -0.396 e. The van der Waals surface area contributed by atoms with E-state index in [1.807, 2.05) is 7.05 Å². The molecular weight excluding hydrogens is 600 g/mol. The third-order valence-electron chi connectivity index (χ3n) is 11.7. The summed E-state index contributed by atoms with van der Waals surface area (Å²) in [6.45, 7) is 21.0. The van der Waals surface area contributed by atoms with Gasteiger partial charge in [-0.25, -0.2) is 0 Å². The van der Waals surface area contributed by atoms with Gasteiger partial charge in [-0.2, -0.15) is 0 Å². The van der Waals surface area contributed by atoms with Crippen LogP contribution in [0.25, 0.3) is 0 Å². The van der Waals surface area contributed by atoms with Crippen molar-refractivity contribution >= 4 is 0 Å². The third kappa shape index (κ3) is 17.9. The molecule has 3 aliphatic carbocycles. The summed E-state index contributed by atoms with van der Waals surface area (Å²) >= 11 is 0. The Hall–Kier alpha value is -0.760. The van der Waals surface area contributed by atoms with E-state index in [9.17, 15) is 0 Å². The molecule has 3 aliphatic rings. The van der Waals surface area contributed by atoms with Crippen molar-refractivity contribution in [2.24, 2.45) is 51.9 Å². The second-order valence-corrected chi connectivity index (χ2v) is 15.0. The molecule has 3 fully saturated rings.